The van der Waals surface area contributed by atoms with Crippen molar-refractivity contribution >= 4 is 34.5 Å². The molecule has 1 aromatic heterocycles. The van der Waals surface area contributed by atoms with Crippen LogP contribution >= 0.6 is 22.9 Å². The molecule has 1 aromatic rings. The average molecular weight is 206 g/mol. The Labute approximate surface area is 79.0 Å². The minimum atomic E-state index is -0.997. The molecule has 0 aliphatic rings. The van der Waals surface area contributed by atoms with Gasteiger partial charge in [-0.2, -0.15) is 0 Å². The van der Waals surface area contributed by atoms with Crippen LogP contribution < -0.4 is 5.32 Å². The average Bonchev–Trinajstić information content (AvgIpc) is 2.35. The van der Waals surface area contributed by atoms with Gasteiger partial charge in [-0.1, -0.05) is 11.6 Å². The van der Waals surface area contributed by atoms with E-state index in [9.17, 15) is 4.79 Å². The van der Waals surface area contributed by atoms with Crippen molar-refractivity contribution in [3.63, 3.8) is 0 Å². The summed E-state index contributed by atoms with van der Waals surface area (Å²) in [5.74, 6) is -0.426. The summed E-state index contributed by atoms with van der Waals surface area (Å²) in [4.78, 5) is 10.9. The number of nitrogens with one attached hydrogen (secondary N) is 1. The molecule has 1 rings (SSSR count). The second kappa shape index (κ2) is 3.89. The van der Waals surface area contributed by atoms with Crippen LogP contribution in [0.25, 0.3) is 0 Å². The Morgan fingerprint density at radius 2 is 2.50 bits per heavy atom. The van der Waals surface area contributed by atoms with Crippen LogP contribution in [0.1, 0.15) is 6.92 Å². The first-order valence-corrected chi connectivity index (χ1v) is 4.58. The number of amides is 1. The number of hydrogen-bond acceptors (Lipinski definition) is 3. The van der Waals surface area contributed by atoms with E-state index in [4.69, 9.17) is 16.7 Å². The van der Waals surface area contributed by atoms with Crippen LogP contribution in [0.2, 0.25) is 4.34 Å². The number of aliphatic hydroxyl groups excluding tert-OH is 1. The first-order chi connectivity index (χ1) is 5.59. The first-order valence-electron chi connectivity index (χ1n) is 3.32. The highest BCUT2D eigenvalue weighted by atomic mass is 35.5. The minimum Gasteiger partial charge on any atom is -0.384 e. The van der Waals surface area contributed by atoms with E-state index in [0.29, 0.717) is 10.0 Å². The summed E-state index contributed by atoms with van der Waals surface area (Å²) in [5.41, 5.74) is 0.621. The largest absolute Gasteiger partial charge is 0.384 e. The van der Waals surface area contributed by atoms with Gasteiger partial charge in [0.15, 0.2) is 0 Å². The van der Waals surface area contributed by atoms with E-state index in [1.807, 2.05) is 0 Å². The van der Waals surface area contributed by atoms with E-state index in [-0.39, 0.29) is 0 Å². The molecule has 1 amide bonds. The summed E-state index contributed by atoms with van der Waals surface area (Å²) in [5, 5.41) is 13.1. The highest BCUT2D eigenvalue weighted by Gasteiger charge is 2.09. The van der Waals surface area contributed by atoms with Gasteiger partial charge < -0.3 is 10.4 Å². The quantitative estimate of drug-likeness (QED) is 0.773. The number of carbonyl (C=O) groups excluding carboxylic acids is 1. The van der Waals surface area contributed by atoms with E-state index in [2.05, 4.69) is 5.32 Å². The maximum absolute atomic E-state index is 10.9. The van der Waals surface area contributed by atoms with Gasteiger partial charge >= 0.3 is 0 Å². The Kier molecular flexibility index (Phi) is 3.08. The highest BCUT2D eigenvalue weighted by molar-refractivity contribution is 7.14. The van der Waals surface area contributed by atoms with Crippen molar-refractivity contribution in [2.75, 3.05) is 5.32 Å². The summed E-state index contributed by atoms with van der Waals surface area (Å²) >= 11 is 6.96. The van der Waals surface area contributed by atoms with E-state index in [1.54, 1.807) is 11.4 Å². The normalized spacial score (nSPS) is 12.6. The molecule has 2 N–H and O–H groups in total. The molecule has 1 atom stereocenters. The first kappa shape index (κ1) is 9.51. The summed E-state index contributed by atoms with van der Waals surface area (Å²) in [7, 11) is 0. The zero-order valence-corrected chi connectivity index (χ0v) is 7.95. The van der Waals surface area contributed by atoms with Crippen LogP contribution in [0, 0.1) is 0 Å². The van der Waals surface area contributed by atoms with Gasteiger partial charge in [0.25, 0.3) is 5.91 Å². The maximum atomic E-state index is 10.9. The van der Waals surface area contributed by atoms with Crippen LogP contribution in [0.4, 0.5) is 5.69 Å². The van der Waals surface area contributed by atoms with Crippen molar-refractivity contribution in [1.82, 2.24) is 0 Å². The topological polar surface area (TPSA) is 49.3 Å². The molecule has 0 aliphatic carbocycles. The lowest BCUT2D eigenvalue weighted by Crippen LogP contribution is -2.24. The summed E-state index contributed by atoms with van der Waals surface area (Å²) in [6.45, 7) is 1.41. The van der Waals surface area contributed by atoms with Crippen molar-refractivity contribution in [1.29, 1.82) is 0 Å². The third-order valence-electron chi connectivity index (χ3n) is 1.21. The Morgan fingerprint density at radius 1 is 1.83 bits per heavy atom. The lowest BCUT2D eigenvalue weighted by molar-refractivity contribution is -0.123. The minimum absolute atomic E-state index is 0.426. The molecule has 66 valence electrons. The summed E-state index contributed by atoms with van der Waals surface area (Å²) in [6.07, 6.45) is -0.997. The SMILES string of the molecule is C[C@H](O)C(=O)Nc1csc(Cl)c1. The van der Waals surface area contributed by atoms with Crippen LogP contribution in [0.15, 0.2) is 11.4 Å². The lowest BCUT2D eigenvalue weighted by atomic mass is 10.4. The fourth-order valence-corrected chi connectivity index (χ4v) is 1.44. The molecule has 0 fully saturated rings. The molecule has 0 bridgehead atoms. The molecule has 0 saturated carbocycles. The second-order valence-corrected chi connectivity index (χ2v) is 3.85. The van der Waals surface area contributed by atoms with E-state index in [1.165, 1.54) is 18.3 Å². The van der Waals surface area contributed by atoms with Crippen LogP contribution in [0.3, 0.4) is 0 Å². The van der Waals surface area contributed by atoms with Crippen LogP contribution in [-0.2, 0) is 4.79 Å². The molecule has 12 heavy (non-hydrogen) atoms. The highest BCUT2D eigenvalue weighted by Crippen LogP contribution is 2.23. The Morgan fingerprint density at radius 3 is 2.92 bits per heavy atom. The fraction of sp³-hybridized carbons (Fsp3) is 0.286. The predicted molar refractivity (Wildman–Crippen MR) is 49.6 cm³/mol. The number of hydrogen-bond donors (Lipinski definition) is 2. The molecule has 0 radical (unpaired) electrons. The number of carbonyl (C=O) groups is 1. The van der Waals surface area contributed by atoms with Crippen molar-refractivity contribution in [3.8, 4) is 0 Å². The molecule has 0 unspecified atom stereocenters. The van der Waals surface area contributed by atoms with Crippen molar-refractivity contribution in [2.45, 2.75) is 13.0 Å². The predicted octanol–water partition coefficient (Wildman–Crippen LogP) is 1.72. The monoisotopic (exact) mass is 205 g/mol. The lowest BCUT2D eigenvalue weighted by Gasteiger charge is -2.03. The van der Waals surface area contributed by atoms with Crippen LogP contribution in [-0.4, -0.2) is 17.1 Å². The zero-order valence-electron chi connectivity index (χ0n) is 6.37. The van der Waals surface area contributed by atoms with Gasteiger partial charge in [-0.25, -0.2) is 0 Å². The number of rotatable bonds is 2. The van der Waals surface area contributed by atoms with Crippen molar-refractivity contribution in [3.05, 3.63) is 15.8 Å². The molecule has 0 saturated heterocycles. The Balaban J connectivity index is 2.58. The molecule has 1 heterocycles. The van der Waals surface area contributed by atoms with Gasteiger partial charge in [-0.05, 0) is 13.0 Å². The maximum Gasteiger partial charge on any atom is 0.252 e. The molecule has 0 spiro atoms. The molecule has 0 aliphatic heterocycles. The van der Waals surface area contributed by atoms with E-state index >= 15 is 0 Å². The number of halogens is 1. The van der Waals surface area contributed by atoms with Crippen molar-refractivity contribution in [2.24, 2.45) is 0 Å². The van der Waals surface area contributed by atoms with E-state index in [0.717, 1.165) is 0 Å². The van der Waals surface area contributed by atoms with Crippen molar-refractivity contribution < 1.29 is 9.90 Å². The smallest absolute Gasteiger partial charge is 0.252 e. The van der Waals surface area contributed by atoms with Gasteiger partial charge in [0, 0.05) is 5.38 Å². The number of anilines is 1. The standard InChI is InChI=1S/C7H8ClNO2S/c1-4(10)7(11)9-5-2-6(8)12-3-5/h2-4,10H,1H3,(H,9,11)/t4-/m0/s1. The molecule has 3 nitrogen and oxygen atoms in total. The fourth-order valence-electron chi connectivity index (χ4n) is 0.622. The zero-order chi connectivity index (χ0) is 9.14. The van der Waals surface area contributed by atoms with Gasteiger partial charge in [-0.15, -0.1) is 11.3 Å². The third-order valence-corrected chi connectivity index (χ3v) is 2.31. The number of aliphatic hydroxyl groups is 1. The molecular weight excluding hydrogens is 198 g/mol. The Bertz CT molecular complexity index is 285. The Hall–Kier alpha value is -0.580. The van der Waals surface area contributed by atoms with E-state index < -0.39 is 12.0 Å². The van der Waals surface area contributed by atoms with Crippen LogP contribution in [0.5, 0.6) is 0 Å². The second-order valence-electron chi connectivity index (χ2n) is 2.30. The molecule has 5 heteroatoms. The van der Waals surface area contributed by atoms with Gasteiger partial charge in [0.05, 0.1) is 10.0 Å². The summed E-state index contributed by atoms with van der Waals surface area (Å²) in [6, 6.07) is 1.63. The summed E-state index contributed by atoms with van der Waals surface area (Å²) < 4.78 is 0.607. The number of thiophene rings is 1. The molecular formula is C7H8ClNO2S. The van der Waals surface area contributed by atoms with Gasteiger partial charge in [0.2, 0.25) is 0 Å². The third kappa shape index (κ3) is 2.48. The molecule has 0 aromatic carbocycles. The van der Waals surface area contributed by atoms with Gasteiger partial charge in [0.1, 0.15) is 6.10 Å². The van der Waals surface area contributed by atoms with Gasteiger partial charge in [-0.3, -0.25) is 4.79 Å².